The van der Waals surface area contributed by atoms with E-state index in [1.165, 1.54) is 21.3 Å². The zero-order valence-corrected chi connectivity index (χ0v) is 8.98. The van der Waals surface area contributed by atoms with Crippen LogP contribution in [0.3, 0.4) is 0 Å². The molecule has 0 amide bonds. The molecule has 1 aromatic heterocycles. The summed E-state index contributed by atoms with van der Waals surface area (Å²) in [5.74, 6) is 0. The summed E-state index contributed by atoms with van der Waals surface area (Å²) in [4.78, 5) is 2.16. The molecular formula is C11H13NS. The third kappa shape index (κ3) is 1.42. The maximum Gasteiger partial charge on any atom is 0.0549 e. The molecule has 0 aliphatic heterocycles. The van der Waals surface area contributed by atoms with Crippen LogP contribution in [0.4, 0.5) is 5.69 Å². The first-order chi connectivity index (χ1) is 6.18. The van der Waals surface area contributed by atoms with Gasteiger partial charge in [0.25, 0.3) is 0 Å². The maximum atomic E-state index is 2.25. The Hall–Kier alpha value is -1.02. The normalized spacial score (nSPS) is 10.7. The van der Waals surface area contributed by atoms with Crippen LogP contribution in [0.15, 0.2) is 23.6 Å². The number of benzene rings is 1. The van der Waals surface area contributed by atoms with Crippen LogP contribution in [0, 0.1) is 6.92 Å². The van der Waals surface area contributed by atoms with E-state index in [1.54, 1.807) is 0 Å². The lowest BCUT2D eigenvalue weighted by Crippen LogP contribution is -2.07. The van der Waals surface area contributed by atoms with E-state index >= 15 is 0 Å². The quantitative estimate of drug-likeness (QED) is 0.668. The average molecular weight is 191 g/mol. The minimum absolute atomic E-state index is 1.32. The van der Waals surface area contributed by atoms with Crippen molar-refractivity contribution in [2.75, 3.05) is 19.0 Å². The van der Waals surface area contributed by atoms with E-state index in [4.69, 9.17) is 0 Å². The Morgan fingerprint density at radius 3 is 2.69 bits per heavy atom. The second-order valence-electron chi connectivity index (χ2n) is 3.51. The topological polar surface area (TPSA) is 3.24 Å². The molecule has 0 aliphatic carbocycles. The first-order valence-electron chi connectivity index (χ1n) is 4.33. The van der Waals surface area contributed by atoms with E-state index < -0.39 is 0 Å². The van der Waals surface area contributed by atoms with E-state index in [2.05, 4.69) is 49.5 Å². The van der Waals surface area contributed by atoms with E-state index in [-0.39, 0.29) is 0 Å². The number of rotatable bonds is 1. The fourth-order valence-electron chi connectivity index (χ4n) is 1.48. The fraction of sp³-hybridized carbons (Fsp3) is 0.273. The van der Waals surface area contributed by atoms with Crippen LogP contribution >= 0.6 is 11.3 Å². The monoisotopic (exact) mass is 191 g/mol. The van der Waals surface area contributed by atoms with Gasteiger partial charge in [0.2, 0.25) is 0 Å². The summed E-state index contributed by atoms with van der Waals surface area (Å²) < 4.78 is 1.37. The lowest BCUT2D eigenvalue weighted by Gasteiger charge is -2.10. The minimum Gasteiger partial charge on any atom is -0.376 e. The highest BCUT2D eigenvalue weighted by Gasteiger charge is 2.04. The van der Waals surface area contributed by atoms with Crippen LogP contribution in [0.1, 0.15) is 5.56 Å². The van der Waals surface area contributed by atoms with Crippen molar-refractivity contribution in [3.05, 3.63) is 29.1 Å². The summed E-state index contributed by atoms with van der Waals surface area (Å²) in [5, 5.41) is 3.58. The zero-order chi connectivity index (χ0) is 9.42. The molecule has 0 unspecified atom stereocenters. The predicted octanol–water partition coefficient (Wildman–Crippen LogP) is 3.28. The number of hydrogen-bond acceptors (Lipinski definition) is 2. The summed E-state index contributed by atoms with van der Waals surface area (Å²) in [5.41, 5.74) is 2.65. The Labute approximate surface area is 82.6 Å². The minimum atomic E-state index is 1.32. The van der Waals surface area contributed by atoms with Crippen LogP contribution in [0.2, 0.25) is 0 Å². The molecule has 1 aromatic carbocycles. The Morgan fingerprint density at radius 2 is 2.00 bits per heavy atom. The average Bonchev–Trinajstić information content (AvgIpc) is 2.46. The van der Waals surface area contributed by atoms with Gasteiger partial charge in [0.1, 0.15) is 0 Å². The summed E-state index contributed by atoms with van der Waals surface area (Å²) >= 11 is 1.81. The van der Waals surface area contributed by atoms with Crippen molar-refractivity contribution in [1.82, 2.24) is 0 Å². The molecule has 2 rings (SSSR count). The highest BCUT2D eigenvalue weighted by molar-refractivity contribution is 7.17. The summed E-state index contributed by atoms with van der Waals surface area (Å²) in [6, 6.07) is 6.61. The third-order valence-electron chi connectivity index (χ3n) is 2.19. The number of fused-ring (bicyclic) bond motifs is 1. The van der Waals surface area contributed by atoms with Crippen molar-refractivity contribution in [3.8, 4) is 0 Å². The van der Waals surface area contributed by atoms with Gasteiger partial charge >= 0.3 is 0 Å². The molecule has 1 heterocycles. The second-order valence-corrected chi connectivity index (χ2v) is 4.43. The number of hydrogen-bond donors (Lipinski definition) is 0. The zero-order valence-electron chi connectivity index (χ0n) is 8.16. The van der Waals surface area contributed by atoms with Gasteiger partial charge in [0.15, 0.2) is 0 Å². The molecule has 0 fully saturated rings. The van der Waals surface area contributed by atoms with Gasteiger partial charge in [0.05, 0.1) is 5.69 Å². The van der Waals surface area contributed by atoms with Crippen LogP contribution in [-0.4, -0.2) is 14.1 Å². The molecule has 0 saturated carbocycles. The number of anilines is 1. The van der Waals surface area contributed by atoms with E-state index in [1.807, 2.05) is 11.3 Å². The molecule has 13 heavy (non-hydrogen) atoms. The molecular weight excluding hydrogens is 178 g/mol. The van der Waals surface area contributed by atoms with Gasteiger partial charge in [-0.3, -0.25) is 0 Å². The van der Waals surface area contributed by atoms with E-state index in [9.17, 15) is 0 Å². The molecule has 0 bridgehead atoms. The first-order valence-corrected chi connectivity index (χ1v) is 5.21. The molecule has 0 N–H and O–H groups in total. The molecule has 0 radical (unpaired) electrons. The van der Waals surface area contributed by atoms with Crippen molar-refractivity contribution in [3.63, 3.8) is 0 Å². The fourth-order valence-corrected chi connectivity index (χ4v) is 2.49. The highest BCUT2D eigenvalue weighted by atomic mass is 32.1. The van der Waals surface area contributed by atoms with E-state index in [0.29, 0.717) is 0 Å². The standard InChI is InChI=1S/C11H13NS/c1-8-4-5-11-9(6-8)10(7-13-11)12(2)3/h4-7H,1-3H3. The van der Waals surface area contributed by atoms with Gasteiger partial charge in [0, 0.05) is 29.6 Å². The summed E-state index contributed by atoms with van der Waals surface area (Å²) in [6.45, 7) is 2.14. The maximum absolute atomic E-state index is 2.25. The summed E-state index contributed by atoms with van der Waals surface area (Å²) in [7, 11) is 4.17. The smallest absolute Gasteiger partial charge is 0.0549 e. The van der Waals surface area contributed by atoms with Crippen molar-refractivity contribution in [2.45, 2.75) is 6.92 Å². The van der Waals surface area contributed by atoms with Gasteiger partial charge in [-0.15, -0.1) is 11.3 Å². The number of thiophene rings is 1. The Morgan fingerprint density at radius 1 is 1.23 bits per heavy atom. The number of aryl methyl sites for hydroxylation is 1. The Balaban J connectivity index is 2.71. The lowest BCUT2D eigenvalue weighted by atomic mass is 10.2. The second kappa shape index (κ2) is 3.04. The first kappa shape index (κ1) is 8.57. The molecule has 1 nitrogen and oxygen atoms in total. The largest absolute Gasteiger partial charge is 0.376 e. The predicted molar refractivity (Wildman–Crippen MR) is 60.9 cm³/mol. The molecule has 0 spiro atoms. The van der Waals surface area contributed by atoms with Crippen LogP contribution in [0.5, 0.6) is 0 Å². The van der Waals surface area contributed by atoms with Crippen molar-refractivity contribution >= 4 is 27.1 Å². The lowest BCUT2D eigenvalue weighted by molar-refractivity contribution is 1.15. The Bertz CT molecular complexity index is 429. The van der Waals surface area contributed by atoms with Crippen molar-refractivity contribution < 1.29 is 0 Å². The van der Waals surface area contributed by atoms with Gasteiger partial charge in [-0.1, -0.05) is 11.6 Å². The van der Waals surface area contributed by atoms with Gasteiger partial charge in [-0.05, 0) is 19.1 Å². The highest BCUT2D eigenvalue weighted by Crippen LogP contribution is 2.32. The molecule has 68 valence electrons. The summed E-state index contributed by atoms with van der Waals surface area (Å²) in [6.07, 6.45) is 0. The molecule has 0 saturated heterocycles. The van der Waals surface area contributed by atoms with Gasteiger partial charge in [-0.25, -0.2) is 0 Å². The number of nitrogens with zero attached hydrogens (tertiary/aromatic N) is 1. The van der Waals surface area contributed by atoms with E-state index in [0.717, 1.165) is 0 Å². The molecule has 2 aromatic rings. The van der Waals surface area contributed by atoms with Gasteiger partial charge < -0.3 is 4.90 Å². The Kier molecular flexibility index (Phi) is 2.00. The van der Waals surface area contributed by atoms with Gasteiger partial charge in [-0.2, -0.15) is 0 Å². The third-order valence-corrected chi connectivity index (χ3v) is 3.14. The van der Waals surface area contributed by atoms with Crippen LogP contribution < -0.4 is 4.90 Å². The van der Waals surface area contributed by atoms with Crippen molar-refractivity contribution in [1.29, 1.82) is 0 Å². The molecule has 0 aliphatic rings. The van der Waals surface area contributed by atoms with Crippen LogP contribution in [0.25, 0.3) is 10.1 Å². The van der Waals surface area contributed by atoms with Crippen molar-refractivity contribution in [2.24, 2.45) is 0 Å². The molecule has 2 heteroatoms. The van der Waals surface area contributed by atoms with Crippen LogP contribution in [-0.2, 0) is 0 Å². The SMILES string of the molecule is Cc1ccc2scc(N(C)C)c2c1. The molecule has 0 atom stereocenters.